The number of thiophene rings is 1. The van der Waals surface area contributed by atoms with E-state index in [1.165, 1.54) is 60.1 Å². The van der Waals surface area contributed by atoms with Crippen LogP contribution >= 0.6 is 11.3 Å². The van der Waals surface area contributed by atoms with Crippen molar-refractivity contribution in [3.63, 3.8) is 0 Å². The first-order valence-electron chi connectivity index (χ1n) is 18.2. The molecular weight excluding hydrogens is 647 g/mol. The molecule has 8 rings (SSSR count). The molecular formula is C40H51N5O4S. The predicted molar refractivity (Wildman–Crippen MR) is 200 cm³/mol. The molecule has 4 bridgehead atoms. The summed E-state index contributed by atoms with van der Waals surface area (Å²) in [6.07, 6.45) is 8.65. The van der Waals surface area contributed by atoms with Gasteiger partial charge in [0.2, 0.25) is 5.91 Å². The van der Waals surface area contributed by atoms with Crippen molar-refractivity contribution in [1.82, 2.24) is 20.6 Å². The van der Waals surface area contributed by atoms with Gasteiger partial charge < -0.3 is 30.2 Å². The van der Waals surface area contributed by atoms with Gasteiger partial charge in [-0.05, 0) is 117 Å². The molecule has 1 atom stereocenters. The second-order valence-corrected chi connectivity index (χ2v) is 15.8. The summed E-state index contributed by atoms with van der Waals surface area (Å²) >= 11 is 1.74. The highest BCUT2D eigenvalue weighted by molar-refractivity contribution is 7.10. The van der Waals surface area contributed by atoms with Crippen LogP contribution < -0.4 is 25.4 Å². The van der Waals surface area contributed by atoms with E-state index in [1.54, 1.807) is 18.4 Å². The third-order valence-electron chi connectivity index (χ3n) is 10.9. The number of aromatic nitrogens is 2. The number of ether oxygens (including phenoxy) is 3. The number of aryl methyl sites for hydroxylation is 1. The van der Waals surface area contributed by atoms with E-state index in [1.807, 2.05) is 26.1 Å². The second-order valence-electron chi connectivity index (χ2n) is 14.8. The smallest absolute Gasteiger partial charge is 0.220 e. The number of benzene rings is 2. The van der Waals surface area contributed by atoms with Gasteiger partial charge in [0.25, 0.3) is 0 Å². The number of methoxy groups -OCH3 is 1. The van der Waals surface area contributed by atoms with Gasteiger partial charge in [0, 0.05) is 35.8 Å². The molecule has 0 saturated heterocycles. The van der Waals surface area contributed by atoms with Crippen molar-refractivity contribution < 1.29 is 19.0 Å². The second kappa shape index (κ2) is 15.3. The number of nitrogens with one attached hydrogen (secondary N) is 3. The van der Waals surface area contributed by atoms with Crippen LogP contribution in [0.5, 0.6) is 11.5 Å². The number of anilines is 1. The minimum absolute atomic E-state index is 0.0312. The van der Waals surface area contributed by atoms with Gasteiger partial charge in [-0.15, -0.1) is 11.3 Å². The monoisotopic (exact) mass is 697 g/mol. The lowest BCUT2D eigenvalue weighted by molar-refractivity contribution is -0.129. The number of nitrogens with zero attached hydrogens (tertiary/aromatic N) is 2. The van der Waals surface area contributed by atoms with E-state index in [0.717, 1.165) is 41.0 Å². The third-order valence-corrected chi connectivity index (χ3v) is 12.1. The van der Waals surface area contributed by atoms with Gasteiger partial charge >= 0.3 is 0 Å². The summed E-state index contributed by atoms with van der Waals surface area (Å²) in [5.74, 6) is 5.40. The van der Waals surface area contributed by atoms with E-state index in [4.69, 9.17) is 24.2 Å². The minimum atomic E-state index is 0.0312. The Bertz CT molecular complexity index is 1770. The van der Waals surface area contributed by atoms with Crippen molar-refractivity contribution in [3.8, 4) is 22.6 Å². The molecule has 0 radical (unpaired) electrons. The van der Waals surface area contributed by atoms with Crippen molar-refractivity contribution in [2.75, 3.05) is 45.8 Å². The number of carbonyl (C=O) groups excluding carboxylic acids is 1. The van der Waals surface area contributed by atoms with Crippen molar-refractivity contribution in [2.45, 2.75) is 71.4 Å². The molecule has 4 saturated carbocycles. The van der Waals surface area contributed by atoms with Crippen molar-refractivity contribution in [1.29, 1.82) is 0 Å². The fraction of sp³-hybridized carbons (Fsp3) is 0.525. The van der Waals surface area contributed by atoms with E-state index in [9.17, 15) is 4.79 Å². The fourth-order valence-corrected chi connectivity index (χ4v) is 10.2. The van der Waals surface area contributed by atoms with E-state index >= 15 is 0 Å². The summed E-state index contributed by atoms with van der Waals surface area (Å²) in [4.78, 5) is 23.5. The van der Waals surface area contributed by atoms with Crippen LogP contribution in [0.15, 0.2) is 47.8 Å². The summed E-state index contributed by atoms with van der Waals surface area (Å²) in [7, 11) is 3.61. The van der Waals surface area contributed by atoms with Crippen LogP contribution in [-0.4, -0.2) is 56.4 Å². The molecule has 4 aliphatic carbocycles. The van der Waals surface area contributed by atoms with Crippen LogP contribution in [0.2, 0.25) is 0 Å². The zero-order chi connectivity index (χ0) is 34.7. The van der Waals surface area contributed by atoms with E-state index < -0.39 is 0 Å². The van der Waals surface area contributed by atoms with E-state index in [-0.39, 0.29) is 17.4 Å². The maximum absolute atomic E-state index is 12.8. The summed E-state index contributed by atoms with van der Waals surface area (Å²) in [6, 6.07) is 14.7. The van der Waals surface area contributed by atoms with Crippen LogP contribution in [0.1, 0.15) is 74.2 Å². The van der Waals surface area contributed by atoms with Gasteiger partial charge in [-0.3, -0.25) is 4.79 Å². The normalized spacial score (nSPS) is 22.8. The quantitative estimate of drug-likeness (QED) is 0.102. The SMILES string of the molecule is CNCc1ccccc1-c1csc([C@@H](C)Nc2nc(C)nc3cc(OCCOCCNC(=O)CC45CC6CC(CC(C6)C4)C5)c(OC)cc23)c1. The molecule has 2 heterocycles. The summed E-state index contributed by atoms with van der Waals surface area (Å²) in [6.45, 7) is 6.61. The Morgan fingerprint density at radius 3 is 2.50 bits per heavy atom. The Hall–Kier alpha value is -3.73. The third kappa shape index (κ3) is 7.77. The van der Waals surface area contributed by atoms with Gasteiger partial charge in [0.15, 0.2) is 11.5 Å². The van der Waals surface area contributed by atoms with E-state index in [2.05, 4.69) is 58.6 Å². The maximum atomic E-state index is 12.8. The van der Waals surface area contributed by atoms with Crippen molar-refractivity contribution in [3.05, 3.63) is 64.1 Å². The summed E-state index contributed by atoms with van der Waals surface area (Å²) < 4.78 is 17.7. The first-order valence-corrected chi connectivity index (χ1v) is 19.1. The summed E-state index contributed by atoms with van der Waals surface area (Å²) in [5, 5.41) is 13.1. The highest BCUT2D eigenvalue weighted by Gasteiger charge is 2.51. The number of hydrogen-bond acceptors (Lipinski definition) is 9. The number of amides is 1. The first kappa shape index (κ1) is 34.7. The Morgan fingerprint density at radius 1 is 1.00 bits per heavy atom. The van der Waals surface area contributed by atoms with Crippen molar-refractivity contribution >= 4 is 34.0 Å². The van der Waals surface area contributed by atoms with Gasteiger partial charge in [-0.25, -0.2) is 9.97 Å². The highest BCUT2D eigenvalue weighted by atomic mass is 32.1. The molecule has 4 fully saturated rings. The van der Waals surface area contributed by atoms with Gasteiger partial charge in [0.1, 0.15) is 18.2 Å². The molecule has 0 unspecified atom stereocenters. The molecule has 0 spiro atoms. The predicted octanol–water partition coefficient (Wildman–Crippen LogP) is 7.69. The van der Waals surface area contributed by atoms with Gasteiger partial charge in [-0.1, -0.05) is 24.3 Å². The molecule has 2 aromatic carbocycles. The van der Waals surface area contributed by atoms with Crippen LogP contribution in [0.25, 0.3) is 22.0 Å². The Labute approximate surface area is 299 Å². The molecule has 9 nitrogen and oxygen atoms in total. The molecule has 1 amide bonds. The fourth-order valence-electron chi connectivity index (χ4n) is 9.26. The number of hydrogen-bond donors (Lipinski definition) is 3. The molecule has 3 N–H and O–H groups in total. The zero-order valence-corrected chi connectivity index (χ0v) is 30.7. The lowest BCUT2D eigenvalue weighted by atomic mass is 9.49. The molecule has 50 heavy (non-hydrogen) atoms. The van der Waals surface area contributed by atoms with Crippen LogP contribution in [-0.2, 0) is 16.1 Å². The largest absolute Gasteiger partial charge is 0.493 e. The lowest BCUT2D eigenvalue weighted by Gasteiger charge is -2.56. The van der Waals surface area contributed by atoms with E-state index in [0.29, 0.717) is 50.1 Å². The average Bonchev–Trinajstić information content (AvgIpc) is 3.58. The number of fused-ring (bicyclic) bond motifs is 1. The molecule has 4 aromatic rings. The van der Waals surface area contributed by atoms with Gasteiger partial charge in [0.05, 0.1) is 31.9 Å². The van der Waals surface area contributed by atoms with Crippen molar-refractivity contribution in [2.24, 2.45) is 23.2 Å². The van der Waals surface area contributed by atoms with Gasteiger partial charge in [-0.2, -0.15) is 0 Å². The lowest BCUT2D eigenvalue weighted by Crippen LogP contribution is -2.48. The number of rotatable bonds is 16. The van der Waals surface area contributed by atoms with Crippen LogP contribution in [0.4, 0.5) is 5.82 Å². The van der Waals surface area contributed by atoms with Crippen LogP contribution in [0, 0.1) is 30.1 Å². The summed E-state index contributed by atoms with van der Waals surface area (Å²) in [5.41, 5.74) is 4.78. The Kier molecular flexibility index (Phi) is 10.6. The molecule has 10 heteroatoms. The van der Waals surface area contributed by atoms with Crippen LogP contribution in [0.3, 0.4) is 0 Å². The Morgan fingerprint density at radius 2 is 1.76 bits per heavy atom. The molecule has 0 aliphatic heterocycles. The average molecular weight is 698 g/mol. The molecule has 2 aromatic heterocycles. The molecule has 266 valence electrons. The highest BCUT2D eigenvalue weighted by Crippen LogP contribution is 2.61. The Balaban J connectivity index is 0.914. The molecule has 4 aliphatic rings. The first-order chi connectivity index (χ1) is 24.3. The zero-order valence-electron chi connectivity index (χ0n) is 29.8. The maximum Gasteiger partial charge on any atom is 0.220 e. The standard InChI is InChI=1S/C40H51N5O4S/c1-25(37-16-31(24-50-37)32-8-6-5-7-30(32)23-41-3)43-39-33-17-35(47-4)36(18-34(33)44-26(2)45-39)49-12-11-48-10-9-42-38(46)22-40-19-27-13-28(20-40)15-29(14-27)21-40/h5-8,16-18,24-25,27-29,41H,9-15,19-23H2,1-4H3,(H,42,46)(H,43,44,45)/t25-,27?,28?,29?,40?/m1/s1. The minimum Gasteiger partial charge on any atom is -0.493 e. The topological polar surface area (TPSA) is 107 Å². The number of carbonyl (C=O) groups is 1.